The number of rotatable bonds is 7. The summed E-state index contributed by atoms with van der Waals surface area (Å²) in [4.78, 5) is 1.23. The van der Waals surface area contributed by atoms with Crippen molar-refractivity contribution in [2.24, 2.45) is 5.84 Å². The topological polar surface area (TPSA) is 47.3 Å². The number of thioether (sulfide) groups is 1. The van der Waals surface area contributed by atoms with Crippen LogP contribution in [-0.2, 0) is 4.74 Å². The van der Waals surface area contributed by atoms with Crippen molar-refractivity contribution in [1.29, 1.82) is 0 Å². The Morgan fingerprint density at radius 1 is 1.47 bits per heavy atom. The van der Waals surface area contributed by atoms with Gasteiger partial charge in [-0.05, 0) is 32.0 Å². The van der Waals surface area contributed by atoms with Crippen molar-refractivity contribution in [3.05, 3.63) is 28.7 Å². The molecule has 5 heteroatoms. The molecule has 1 rings (SSSR count). The van der Waals surface area contributed by atoms with Crippen molar-refractivity contribution in [3.8, 4) is 0 Å². The molecule has 1 aromatic carbocycles. The van der Waals surface area contributed by atoms with E-state index in [0.29, 0.717) is 6.61 Å². The van der Waals surface area contributed by atoms with E-state index < -0.39 is 0 Å². The van der Waals surface area contributed by atoms with E-state index in [2.05, 4.69) is 33.5 Å². The van der Waals surface area contributed by atoms with Crippen LogP contribution in [0, 0.1) is 0 Å². The largest absolute Gasteiger partial charge is 0.377 e. The third-order valence-electron chi connectivity index (χ3n) is 2.11. The van der Waals surface area contributed by atoms with Crippen LogP contribution in [0.25, 0.3) is 0 Å². The van der Waals surface area contributed by atoms with E-state index in [9.17, 15) is 0 Å². The molecular formula is C12H19BrN2OS. The Hall–Kier alpha value is -0.0700. The third-order valence-corrected chi connectivity index (χ3v) is 3.76. The van der Waals surface area contributed by atoms with Gasteiger partial charge in [-0.25, -0.2) is 0 Å². The van der Waals surface area contributed by atoms with Gasteiger partial charge in [-0.15, -0.1) is 11.8 Å². The summed E-state index contributed by atoms with van der Waals surface area (Å²) >= 11 is 5.22. The van der Waals surface area contributed by atoms with E-state index in [4.69, 9.17) is 10.6 Å². The molecule has 0 aromatic heterocycles. The van der Waals surface area contributed by atoms with Gasteiger partial charge in [0.1, 0.15) is 0 Å². The zero-order valence-electron chi connectivity index (χ0n) is 10.2. The molecule has 0 bridgehead atoms. The molecule has 0 aliphatic heterocycles. The highest BCUT2D eigenvalue weighted by Crippen LogP contribution is 2.22. The number of hydrogen-bond acceptors (Lipinski definition) is 4. The quantitative estimate of drug-likeness (QED) is 0.461. The number of benzene rings is 1. The molecule has 1 unspecified atom stereocenters. The van der Waals surface area contributed by atoms with Crippen molar-refractivity contribution in [1.82, 2.24) is 5.43 Å². The molecule has 17 heavy (non-hydrogen) atoms. The minimum absolute atomic E-state index is 0.168. The minimum atomic E-state index is 0.168. The summed E-state index contributed by atoms with van der Waals surface area (Å²) in [5, 5.41) is 0. The Balaban J connectivity index is 2.37. The van der Waals surface area contributed by atoms with Gasteiger partial charge >= 0.3 is 0 Å². The third kappa shape index (κ3) is 6.43. The van der Waals surface area contributed by atoms with Crippen LogP contribution in [0.1, 0.15) is 13.8 Å². The predicted octanol–water partition coefficient (Wildman–Crippen LogP) is 2.80. The van der Waals surface area contributed by atoms with E-state index in [1.807, 2.05) is 26.0 Å². The number of hydrazine groups is 1. The average Bonchev–Trinajstić information content (AvgIpc) is 2.29. The molecule has 0 aliphatic rings. The zero-order chi connectivity index (χ0) is 12.7. The van der Waals surface area contributed by atoms with Gasteiger partial charge in [-0.3, -0.25) is 11.3 Å². The first kappa shape index (κ1) is 15.0. The van der Waals surface area contributed by atoms with Crippen LogP contribution in [0.2, 0.25) is 0 Å². The van der Waals surface area contributed by atoms with Crippen LogP contribution in [0.15, 0.2) is 33.6 Å². The molecule has 0 fully saturated rings. The second-order valence-electron chi connectivity index (χ2n) is 4.01. The SMILES string of the molecule is CC(C)OCC(CSc1cccc(Br)c1)NN. The first-order valence-electron chi connectivity index (χ1n) is 5.58. The summed E-state index contributed by atoms with van der Waals surface area (Å²) in [7, 11) is 0. The first-order chi connectivity index (χ1) is 8.11. The van der Waals surface area contributed by atoms with Crippen molar-refractivity contribution in [2.75, 3.05) is 12.4 Å². The molecule has 1 atom stereocenters. The molecule has 1 aromatic rings. The normalized spacial score (nSPS) is 13.0. The number of ether oxygens (including phenoxy) is 1. The number of nitrogens with one attached hydrogen (secondary N) is 1. The molecular weight excluding hydrogens is 300 g/mol. The van der Waals surface area contributed by atoms with Crippen molar-refractivity contribution >= 4 is 27.7 Å². The Morgan fingerprint density at radius 2 is 2.24 bits per heavy atom. The zero-order valence-corrected chi connectivity index (χ0v) is 12.6. The second kappa shape index (κ2) is 8.11. The smallest absolute Gasteiger partial charge is 0.0644 e. The summed E-state index contributed by atoms with van der Waals surface area (Å²) in [6.45, 7) is 4.68. The molecule has 0 aliphatic carbocycles. The molecule has 0 amide bonds. The van der Waals surface area contributed by atoms with Gasteiger partial charge in [-0.1, -0.05) is 22.0 Å². The number of hydrogen-bond donors (Lipinski definition) is 2. The molecule has 96 valence electrons. The lowest BCUT2D eigenvalue weighted by Gasteiger charge is -2.17. The summed E-state index contributed by atoms with van der Waals surface area (Å²) in [5.41, 5.74) is 2.78. The van der Waals surface area contributed by atoms with E-state index in [-0.39, 0.29) is 12.1 Å². The standard InChI is InChI=1S/C12H19BrN2OS/c1-9(2)16-7-11(15-14)8-17-12-5-3-4-10(13)6-12/h3-6,9,11,15H,7-8,14H2,1-2H3. The molecule has 3 nitrogen and oxygen atoms in total. The van der Waals surface area contributed by atoms with E-state index in [1.165, 1.54) is 4.90 Å². The van der Waals surface area contributed by atoms with Crippen LogP contribution < -0.4 is 11.3 Å². The highest BCUT2D eigenvalue weighted by molar-refractivity contribution is 9.10. The van der Waals surface area contributed by atoms with Crippen LogP contribution in [-0.4, -0.2) is 24.5 Å². The van der Waals surface area contributed by atoms with Crippen molar-refractivity contribution in [3.63, 3.8) is 0 Å². The van der Waals surface area contributed by atoms with E-state index in [0.717, 1.165) is 10.2 Å². The van der Waals surface area contributed by atoms with E-state index in [1.54, 1.807) is 11.8 Å². The minimum Gasteiger partial charge on any atom is -0.377 e. The highest BCUT2D eigenvalue weighted by atomic mass is 79.9. The molecule has 3 N–H and O–H groups in total. The predicted molar refractivity (Wildman–Crippen MR) is 77.1 cm³/mol. The van der Waals surface area contributed by atoms with Gasteiger partial charge in [0.2, 0.25) is 0 Å². The Bertz CT molecular complexity index is 336. The van der Waals surface area contributed by atoms with Crippen molar-refractivity contribution in [2.45, 2.75) is 30.9 Å². The van der Waals surface area contributed by atoms with Gasteiger partial charge in [0, 0.05) is 15.1 Å². The maximum Gasteiger partial charge on any atom is 0.0644 e. The van der Waals surface area contributed by atoms with Crippen LogP contribution in [0.4, 0.5) is 0 Å². The Kier molecular flexibility index (Phi) is 7.15. The fourth-order valence-electron chi connectivity index (χ4n) is 1.21. The number of nitrogens with two attached hydrogens (primary N) is 1. The summed E-state index contributed by atoms with van der Waals surface area (Å²) in [6, 6.07) is 8.40. The maximum atomic E-state index is 5.54. The van der Waals surface area contributed by atoms with Crippen LogP contribution in [0.5, 0.6) is 0 Å². The Labute approximate surface area is 116 Å². The lowest BCUT2D eigenvalue weighted by atomic mass is 10.4. The van der Waals surface area contributed by atoms with Crippen LogP contribution in [0.3, 0.4) is 0 Å². The summed E-state index contributed by atoms with van der Waals surface area (Å²) < 4.78 is 6.64. The summed E-state index contributed by atoms with van der Waals surface area (Å²) in [6.07, 6.45) is 0.238. The first-order valence-corrected chi connectivity index (χ1v) is 7.35. The molecule has 0 saturated carbocycles. The van der Waals surface area contributed by atoms with Crippen molar-refractivity contribution < 1.29 is 4.74 Å². The number of halogens is 1. The lowest BCUT2D eigenvalue weighted by Crippen LogP contribution is -2.41. The molecule has 0 saturated heterocycles. The van der Waals surface area contributed by atoms with Gasteiger partial charge in [0.15, 0.2) is 0 Å². The molecule has 0 radical (unpaired) electrons. The van der Waals surface area contributed by atoms with Gasteiger partial charge in [0.05, 0.1) is 18.8 Å². The van der Waals surface area contributed by atoms with Gasteiger partial charge in [0.25, 0.3) is 0 Å². The summed E-state index contributed by atoms with van der Waals surface area (Å²) in [5.74, 6) is 6.39. The maximum absolute atomic E-state index is 5.54. The fraction of sp³-hybridized carbons (Fsp3) is 0.500. The van der Waals surface area contributed by atoms with Gasteiger partial charge in [-0.2, -0.15) is 0 Å². The van der Waals surface area contributed by atoms with Crippen LogP contribution >= 0.6 is 27.7 Å². The molecule has 0 heterocycles. The highest BCUT2D eigenvalue weighted by Gasteiger charge is 2.08. The lowest BCUT2D eigenvalue weighted by molar-refractivity contribution is 0.0655. The van der Waals surface area contributed by atoms with E-state index >= 15 is 0 Å². The monoisotopic (exact) mass is 318 g/mol. The average molecular weight is 319 g/mol. The Morgan fingerprint density at radius 3 is 2.82 bits per heavy atom. The second-order valence-corrected chi connectivity index (χ2v) is 6.02. The van der Waals surface area contributed by atoms with Gasteiger partial charge < -0.3 is 4.74 Å². The molecule has 0 spiro atoms. The fourth-order valence-corrected chi connectivity index (χ4v) is 2.73.